The Hall–Kier alpha value is -2.18. The highest BCUT2D eigenvalue weighted by Gasteiger charge is 2.10. The number of amides is 2. The minimum Gasteiger partial charge on any atom is -0.307 e. The van der Waals surface area contributed by atoms with E-state index in [4.69, 9.17) is 0 Å². The maximum Gasteiger partial charge on any atom is 0.325 e. The van der Waals surface area contributed by atoms with Gasteiger partial charge < -0.3 is 5.32 Å². The largest absolute Gasteiger partial charge is 0.325 e. The molecule has 0 spiro atoms. The zero-order chi connectivity index (χ0) is 18.5. The summed E-state index contributed by atoms with van der Waals surface area (Å²) in [4.78, 5) is 16.7. The molecule has 0 saturated carbocycles. The Labute approximate surface area is 165 Å². The molecule has 26 heavy (non-hydrogen) atoms. The topological polar surface area (TPSA) is 54.0 Å². The highest BCUT2D eigenvalue weighted by molar-refractivity contribution is 9.10. The van der Waals surface area contributed by atoms with Crippen LogP contribution in [0.25, 0.3) is 11.3 Å². The van der Waals surface area contributed by atoms with E-state index in [1.807, 2.05) is 29.6 Å². The van der Waals surface area contributed by atoms with Crippen LogP contribution in [0.1, 0.15) is 31.7 Å². The van der Waals surface area contributed by atoms with Gasteiger partial charge in [0.05, 0.1) is 11.4 Å². The van der Waals surface area contributed by atoms with E-state index in [-0.39, 0.29) is 6.03 Å². The Morgan fingerprint density at radius 2 is 1.88 bits per heavy atom. The van der Waals surface area contributed by atoms with Gasteiger partial charge in [0.1, 0.15) is 0 Å². The molecule has 2 N–H and O–H groups in total. The molecule has 0 aliphatic carbocycles. The minimum atomic E-state index is -0.315. The Bertz CT molecular complexity index is 892. The number of hydrogen-bond donors (Lipinski definition) is 2. The molecule has 0 unspecified atom stereocenters. The fourth-order valence-electron chi connectivity index (χ4n) is 2.50. The normalized spacial score (nSPS) is 11.8. The van der Waals surface area contributed by atoms with E-state index in [0.717, 1.165) is 22.2 Å². The van der Waals surface area contributed by atoms with Gasteiger partial charge in [0.2, 0.25) is 0 Å². The third kappa shape index (κ3) is 4.51. The average Bonchev–Trinajstić information content (AvgIpc) is 3.11. The van der Waals surface area contributed by atoms with Crippen LogP contribution in [0.3, 0.4) is 0 Å². The maximum atomic E-state index is 12.2. The molecule has 0 bridgehead atoms. The fraction of sp³-hybridized carbons (Fsp3) is 0.200. The summed E-state index contributed by atoms with van der Waals surface area (Å²) < 4.78 is 0.830. The van der Waals surface area contributed by atoms with Crippen molar-refractivity contribution in [1.29, 1.82) is 0 Å². The Morgan fingerprint density at radius 3 is 2.58 bits per heavy atom. The molecule has 3 rings (SSSR count). The summed E-state index contributed by atoms with van der Waals surface area (Å²) in [6, 6.07) is 15.6. The minimum absolute atomic E-state index is 0.315. The second-order valence-electron chi connectivity index (χ2n) is 6.03. The first kappa shape index (κ1) is 18.6. The van der Waals surface area contributed by atoms with Gasteiger partial charge in [0.15, 0.2) is 5.13 Å². The first-order chi connectivity index (χ1) is 12.6. The summed E-state index contributed by atoms with van der Waals surface area (Å²) in [5.74, 6) is 0.553. The number of nitrogens with zero attached hydrogens (tertiary/aromatic N) is 1. The van der Waals surface area contributed by atoms with Crippen LogP contribution in [0.2, 0.25) is 0 Å². The van der Waals surface area contributed by atoms with Crippen LogP contribution in [0.4, 0.5) is 15.6 Å². The number of carbonyl (C=O) groups is 1. The van der Waals surface area contributed by atoms with Gasteiger partial charge in [0, 0.05) is 15.4 Å². The van der Waals surface area contributed by atoms with Gasteiger partial charge in [-0.2, -0.15) is 0 Å². The number of carbonyl (C=O) groups excluding carboxylic acids is 1. The second-order valence-corrected chi connectivity index (χ2v) is 7.74. The van der Waals surface area contributed by atoms with Crippen molar-refractivity contribution in [2.45, 2.75) is 26.2 Å². The molecule has 0 radical (unpaired) electrons. The summed E-state index contributed by atoms with van der Waals surface area (Å²) in [7, 11) is 0. The Kier molecular flexibility index (Phi) is 6.06. The van der Waals surface area contributed by atoms with E-state index in [1.165, 1.54) is 16.9 Å². The standard InChI is InChI=1S/C20H20BrN3OS/c1-3-13(2)14-8-10-15(11-9-14)18-12-26-20(23-18)24-19(25)22-17-7-5-4-6-16(17)21/h4-13H,3H2,1-2H3,(H2,22,23,24,25)/t13-/m1/s1. The quantitative estimate of drug-likeness (QED) is 0.472. The molecular formula is C20H20BrN3OS. The molecule has 0 saturated heterocycles. The van der Waals surface area contributed by atoms with E-state index in [0.29, 0.717) is 16.7 Å². The van der Waals surface area contributed by atoms with Crippen molar-refractivity contribution >= 4 is 44.1 Å². The third-order valence-corrected chi connectivity index (χ3v) is 5.68. The van der Waals surface area contributed by atoms with E-state index in [2.05, 4.69) is 69.7 Å². The number of anilines is 2. The summed E-state index contributed by atoms with van der Waals surface area (Å²) in [6.45, 7) is 4.42. The molecule has 2 amide bonds. The van der Waals surface area contributed by atoms with E-state index < -0.39 is 0 Å². The van der Waals surface area contributed by atoms with Gasteiger partial charge in [0.25, 0.3) is 0 Å². The Balaban J connectivity index is 1.66. The van der Waals surface area contributed by atoms with Crippen molar-refractivity contribution in [3.8, 4) is 11.3 Å². The van der Waals surface area contributed by atoms with E-state index in [9.17, 15) is 4.79 Å². The van der Waals surface area contributed by atoms with Crippen molar-refractivity contribution in [2.24, 2.45) is 0 Å². The molecule has 4 nitrogen and oxygen atoms in total. The van der Waals surface area contributed by atoms with Crippen LogP contribution in [0.5, 0.6) is 0 Å². The van der Waals surface area contributed by atoms with Crippen LogP contribution in [0, 0.1) is 0 Å². The van der Waals surface area contributed by atoms with Crippen molar-refractivity contribution < 1.29 is 4.79 Å². The van der Waals surface area contributed by atoms with Crippen LogP contribution in [0.15, 0.2) is 58.4 Å². The molecular weight excluding hydrogens is 410 g/mol. The number of para-hydroxylation sites is 1. The number of benzene rings is 2. The SMILES string of the molecule is CC[C@@H](C)c1ccc(-c2csc(NC(=O)Nc3ccccc3Br)n2)cc1. The van der Waals surface area contributed by atoms with Crippen molar-refractivity contribution in [2.75, 3.05) is 10.6 Å². The summed E-state index contributed by atoms with van der Waals surface area (Å²) >= 11 is 4.82. The van der Waals surface area contributed by atoms with Gasteiger partial charge >= 0.3 is 6.03 Å². The third-order valence-electron chi connectivity index (χ3n) is 4.23. The van der Waals surface area contributed by atoms with Crippen LogP contribution in [-0.2, 0) is 0 Å². The molecule has 1 atom stereocenters. The molecule has 134 valence electrons. The maximum absolute atomic E-state index is 12.2. The molecule has 6 heteroatoms. The number of rotatable bonds is 5. The van der Waals surface area contributed by atoms with Crippen molar-refractivity contribution in [3.05, 3.63) is 63.9 Å². The molecule has 1 heterocycles. The lowest BCUT2D eigenvalue weighted by Crippen LogP contribution is -2.19. The number of aromatic nitrogens is 1. The zero-order valence-corrected chi connectivity index (χ0v) is 17.0. The summed E-state index contributed by atoms with van der Waals surface area (Å²) in [5.41, 5.74) is 3.95. The van der Waals surface area contributed by atoms with Crippen LogP contribution < -0.4 is 10.6 Å². The molecule has 0 aliphatic heterocycles. The number of urea groups is 1. The molecule has 2 aromatic carbocycles. The summed E-state index contributed by atoms with van der Waals surface area (Å²) in [6.07, 6.45) is 1.12. The lowest BCUT2D eigenvalue weighted by atomic mass is 9.97. The van der Waals surface area contributed by atoms with E-state index in [1.54, 1.807) is 0 Å². The predicted octanol–water partition coefficient (Wildman–Crippen LogP) is 6.73. The average molecular weight is 430 g/mol. The van der Waals surface area contributed by atoms with Crippen LogP contribution >= 0.6 is 27.3 Å². The zero-order valence-electron chi connectivity index (χ0n) is 14.6. The number of halogens is 1. The van der Waals surface area contributed by atoms with E-state index >= 15 is 0 Å². The highest BCUT2D eigenvalue weighted by Crippen LogP contribution is 2.27. The predicted molar refractivity (Wildman–Crippen MR) is 113 cm³/mol. The number of thiazole rings is 1. The van der Waals surface area contributed by atoms with Crippen molar-refractivity contribution in [1.82, 2.24) is 4.98 Å². The van der Waals surface area contributed by atoms with Gasteiger partial charge in [-0.1, -0.05) is 50.2 Å². The molecule has 3 aromatic rings. The number of nitrogens with one attached hydrogen (secondary N) is 2. The van der Waals surface area contributed by atoms with Crippen molar-refractivity contribution in [3.63, 3.8) is 0 Å². The first-order valence-electron chi connectivity index (χ1n) is 8.45. The molecule has 0 fully saturated rings. The summed E-state index contributed by atoms with van der Waals surface area (Å²) in [5, 5.41) is 8.10. The second kappa shape index (κ2) is 8.47. The number of hydrogen-bond acceptors (Lipinski definition) is 3. The van der Waals surface area contributed by atoms with Gasteiger partial charge in [-0.15, -0.1) is 11.3 Å². The Morgan fingerprint density at radius 1 is 1.15 bits per heavy atom. The highest BCUT2D eigenvalue weighted by atomic mass is 79.9. The smallest absolute Gasteiger partial charge is 0.307 e. The lowest BCUT2D eigenvalue weighted by molar-refractivity contribution is 0.262. The lowest BCUT2D eigenvalue weighted by Gasteiger charge is -2.09. The van der Waals surface area contributed by atoms with Gasteiger partial charge in [-0.05, 0) is 46.0 Å². The monoisotopic (exact) mass is 429 g/mol. The molecule has 0 aliphatic rings. The van der Waals surface area contributed by atoms with Gasteiger partial charge in [-0.25, -0.2) is 9.78 Å². The fourth-order valence-corrected chi connectivity index (χ4v) is 3.59. The molecule has 1 aromatic heterocycles. The van der Waals surface area contributed by atoms with Crippen LogP contribution in [-0.4, -0.2) is 11.0 Å². The van der Waals surface area contributed by atoms with Gasteiger partial charge in [-0.3, -0.25) is 5.32 Å². The first-order valence-corrected chi connectivity index (χ1v) is 10.1.